The number of nitrogens with zero attached hydrogens (tertiary/aromatic N) is 5. The Labute approximate surface area is 183 Å². The van der Waals surface area contributed by atoms with E-state index in [4.69, 9.17) is 0 Å². The van der Waals surface area contributed by atoms with Crippen LogP contribution in [0.4, 0.5) is 17.5 Å². The van der Waals surface area contributed by atoms with Crippen molar-refractivity contribution in [3.63, 3.8) is 0 Å². The molecule has 1 aliphatic rings. The summed E-state index contributed by atoms with van der Waals surface area (Å²) in [5, 5.41) is 6.68. The number of aromatic nitrogens is 4. The molecule has 4 heterocycles. The van der Waals surface area contributed by atoms with Crippen LogP contribution in [0.3, 0.4) is 0 Å². The molecule has 2 N–H and O–H groups in total. The first-order valence-corrected chi connectivity index (χ1v) is 11.8. The second-order valence-electron chi connectivity index (χ2n) is 6.90. The van der Waals surface area contributed by atoms with E-state index in [2.05, 4.69) is 53.7 Å². The standard InChI is InChI=1S/C21H21N7S2/c1-29-21-27-17-4-3-15(12-18(17)30-21)25-20-23-7-6-16(26-20)14-2-5-19(24-13-14)28-10-8-22-9-11-28/h2-7,12-13,22H,8-11H2,1H3,(H,23,25,26). The van der Waals surface area contributed by atoms with Crippen molar-refractivity contribution in [3.05, 3.63) is 48.8 Å². The van der Waals surface area contributed by atoms with Crippen molar-refractivity contribution in [2.24, 2.45) is 0 Å². The molecule has 4 aromatic rings. The third-order valence-corrected chi connectivity index (χ3v) is 6.94. The molecule has 0 atom stereocenters. The van der Waals surface area contributed by atoms with Gasteiger partial charge in [0.2, 0.25) is 5.95 Å². The lowest BCUT2D eigenvalue weighted by Gasteiger charge is -2.28. The maximum Gasteiger partial charge on any atom is 0.227 e. The summed E-state index contributed by atoms with van der Waals surface area (Å²) in [6, 6.07) is 12.2. The molecule has 5 rings (SSSR count). The largest absolute Gasteiger partial charge is 0.354 e. The molecular weight excluding hydrogens is 414 g/mol. The van der Waals surface area contributed by atoms with Crippen molar-refractivity contribution >= 4 is 50.8 Å². The molecule has 0 bridgehead atoms. The number of piperazine rings is 1. The number of fused-ring (bicyclic) bond motifs is 1. The number of thiazole rings is 1. The monoisotopic (exact) mass is 435 g/mol. The summed E-state index contributed by atoms with van der Waals surface area (Å²) < 4.78 is 2.21. The number of pyridine rings is 1. The molecule has 0 unspecified atom stereocenters. The summed E-state index contributed by atoms with van der Waals surface area (Å²) in [6.07, 6.45) is 5.70. The lowest BCUT2D eigenvalue weighted by atomic mass is 10.2. The van der Waals surface area contributed by atoms with E-state index < -0.39 is 0 Å². The van der Waals surface area contributed by atoms with Crippen LogP contribution in [0.2, 0.25) is 0 Å². The third-order valence-electron chi connectivity index (χ3n) is 4.94. The smallest absolute Gasteiger partial charge is 0.227 e. The van der Waals surface area contributed by atoms with Gasteiger partial charge < -0.3 is 15.5 Å². The molecule has 9 heteroatoms. The van der Waals surface area contributed by atoms with Gasteiger partial charge in [-0.05, 0) is 42.7 Å². The van der Waals surface area contributed by atoms with E-state index in [1.54, 1.807) is 29.3 Å². The van der Waals surface area contributed by atoms with Gasteiger partial charge in [0.05, 0.1) is 15.9 Å². The summed E-state index contributed by atoms with van der Waals surface area (Å²) in [5.41, 5.74) is 3.78. The van der Waals surface area contributed by atoms with E-state index in [1.807, 2.05) is 30.7 Å². The molecule has 1 fully saturated rings. The Morgan fingerprint density at radius 1 is 1.07 bits per heavy atom. The van der Waals surface area contributed by atoms with E-state index >= 15 is 0 Å². The first-order valence-electron chi connectivity index (χ1n) is 9.75. The Bertz CT molecular complexity index is 1150. The molecule has 152 valence electrons. The van der Waals surface area contributed by atoms with E-state index in [1.165, 1.54) is 0 Å². The van der Waals surface area contributed by atoms with Crippen LogP contribution < -0.4 is 15.5 Å². The molecule has 1 aromatic carbocycles. The fourth-order valence-electron chi connectivity index (χ4n) is 3.40. The van der Waals surface area contributed by atoms with Crippen LogP contribution in [-0.4, -0.2) is 52.4 Å². The molecule has 0 saturated carbocycles. The first kappa shape index (κ1) is 19.2. The van der Waals surface area contributed by atoms with Gasteiger partial charge in [-0.25, -0.2) is 19.9 Å². The number of benzene rings is 1. The number of hydrogen-bond acceptors (Lipinski definition) is 9. The quantitative estimate of drug-likeness (QED) is 0.455. The van der Waals surface area contributed by atoms with Crippen molar-refractivity contribution in [1.82, 2.24) is 25.3 Å². The lowest BCUT2D eigenvalue weighted by molar-refractivity contribution is 0.585. The first-order chi connectivity index (χ1) is 14.8. The van der Waals surface area contributed by atoms with Gasteiger partial charge >= 0.3 is 0 Å². The molecule has 0 radical (unpaired) electrons. The second kappa shape index (κ2) is 8.55. The Morgan fingerprint density at radius 3 is 2.77 bits per heavy atom. The minimum atomic E-state index is 0.563. The van der Waals surface area contributed by atoms with Crippen LogP contribution in [0.1, 0.15) is 0 Å². The zero-order chi connectivity index (χ0) is 20.3. The van der Waals surface area contributed by atoms with E-state index in [-0.39, 0.29) is 0 Å². The molecule has 1 saturated heterocycles. The zero-order valence-corrected chi connectivity index (χ0v) is 18.1. The number of anilines is 3. The highest BCUT2D eigenvalue weighted by molar-refractivity contribution is 8.00. The Morgan fingerprint density at radius 2 is 1.97 bits per heavy atom. The topological polar surface area (TPSA) is 78.9 Å². The third kappa shape index (κ3) is 4.09. The maximum absolute atomic E-state index is 4.68. The van der Waals surface area contributed by atoms with Crippen LogP contribution >= 0.6 is 23.1 Å². The van der Waals surface area contributed by atoms with Gasteiger partial charge in [0, 0.05) is 49.8 Å². The number of thioether (sulfide) groups is 1. The van der Waals surface area contributed by atoms with Crippen molar-refractivity contribution in [2.75, 3.05) is 42.7 Å². The fourth-order valence-corrected chi connectivity index (χ4v) is 4.92. The average Bonchev–Trinajstić information content (AvgIpc) is 3.23. The van der Waals surface area contributed by atoms with Gasteiger partial charge in [-0.1, -0.05) is 11.8 Å². The minimum absolute atomic E-state index is 0.563. The van der Waals surface area contributed by atoms with Gasteiger partial charge in [0.15, 0.2) is 4.34 Å². The Balaban J connectivity index is 1.35. The summed E-state index contributed by atoms with van der Waals surface area (Å²) in [5.74, 6) is 1.57. The van der Waals surface area contributed by atoms with E-state index in [0.717, 1.165) is 63.5 Å². The predicted molar refractivity (Wildman–Crippen MR) is 125 cm³/mol. The highest BCUT2D eigenvalue weighted by atomic mass is 32.2. The van der Waals surface area contributed by atoms with Crippen LogP contribution in [-0.2, 0) is 0 Å². The highest BCUT2D eigenvalue weighted by Gasteiger charge is 2.12. The summed E-state index contributed by atoms with van der Waals surface area (Å²) in [7, 11) is 0. The molecule has 7 nitrogen and oxygen atoms in total. The molecule has 3 aromatic heterocycles. The minimum Gasteiger partial charge on any atom is -0.354 e. The summed E-state index contributed by atoms with van der Waals surface area (Å²) in [4.78, 5) is 20.6. The van der Waals surface area contributed by atoms with Gasteiger partial charge in [0.1, 0.15) is 5.82 Å². The van der Waals surface area contributed by atoms with Crippen LogP contribution in [0.15, 0.2) is 53.1 Å². The van der Waals surface area contributed by atoms with Gasteiger partial charge in [-0.3, -0.25) is 0 Å². The van der Waals surface area contributed by atoms with Crippen molar-refractivity contribution in [2.45, 2.75) is 4.34 Å². The van der Waals surface area contributed by atoms with Crippen molar-refractivity contribution in [1.29, 1.82) is 0 Å². The number of nitrogens with one attached hydrogen (secondary N) is 2. The molecule has 0 spiro atoms. The lowest BCUT2D eigenvalue weighted by Crippen LogP contribution is -2.43. The normalized spacial score (nSPS) is 14.2. The second-order valence-corrected chi connectivity index (χ2v) is 8.98. The zero-order valence-electron chi connectivity index (χ0n) is 16.5. The fraction of sp³-hybridized carbons (Fsp3) is 0.238. The van der Waals surface area contributed by atoms with Crippen LogP contribution in [0, 0.1) is 0 Å². The van der Waals surface area contributed by atoms with Crippen molar-refractivity contribution in [3.8, 4) is 11.3 Å². The van der Waals surface area contributed by atoms with Gasteiger partial charge in [0.25, 0.3) is 0 Å². The molecule has 1 aliphatic heterocycles. The van der Waals surface area contributed by atoms with Gasteiger partial charge in [-0.2, -0.15) is 0 Å². The maximum atomic E-state index is 4.68. The molecular formula is C21H21N7S2. The molecule has 30 heavy (non-hydrogen) atoms. The number of hydrogen-bond donors (Lipinski definition) is 2. The Kier molecular flexibility index (Phi) is 5.48. The Hall–Kier alpha value is -2.75. The van der Waals surface area contributed by atoms with Crippen LogP contribution in [0.25, 0.3) is 21.5 Å². The SMILES string of the molecule is CSc1nc2ccc(Nc3nccc(-c4ccc(N5CCNCC5)nc4)n3)cc2s1. The molecule has 0 amide bonds. The van der Waals surface area contributed by atoms with E-state index in [0.29, 0.717) is 5.95 Å². The summed E-state index contributed by atoms with van der Waals surface area (Å²) >= 11 is 3.35. The summed E-state index contributed by atoms with van der Waals surface area (Å²) in [6.45, 7) is 3.96. The van der Waals surface area contributed by atoms with Crippen LogP contribution in [0.5, 0.6) is 0 Å². The average molecular weight is 436 g/mol. The highest BCUT2D eigenvalue weighted by Crippen LogP contribution is 2.30. The van der Waals surface area contributed by atoms with Gasteiger partial charge in [-0.15, -0.1) is 11.3 Å². The van der Waals surface area contributed by atoms with E-state index in [9.17, 15) is 0 Å². The predicted octanol–water partition coefficient (Wildman–Crippen LogP) is 4.02. The number of rotatable bonds is 5. The molecule has 0 aliphatic carbocycles. The van der Waals surface area contributed by atoms with Crippen molar-refractivity contribution < 1.29 is 0 Å².